The molecule has 0 N–H and O–H groups in total. The van der Waals surface area contributed by atoms with Gasteiger partial charge in [0.05, 0.1) is 18.5 Å². The number of furan rings is 1. The topological polar surface area (TPSA) is 122 Å². The Hall–Kier alpha value is -4.47. The summed E-state index contributed by atoms with van der Waals surface area (Å²) in [5.74, 6) is 0.393. The van der Waals surface area contributed by atoms with Gasteiger partial charge in [-0.05, 0) is 31.2 Å². The molecule has 33 heavy (non-hydrogen) atoms. The van der Waals surface area contributed by atoms with E-state index in [1.807, 2.05) is 31.2 Å². The first-order valence-electron chi connectivity index (χ1n) is 10.2. The zero-order chi connectivity index (χ0) is 22.8. The molecule has 0 atom stereocenters. The van der Waals surface area contributed by atoms with Crippen LogP contribution in [0.3, 0.4) is 0 Å². The second-order valence-electron chi connectivity index (χ2n) is 7.06. The summed E-state index contributed by atoms with van der Waals surface area (Å²) < 4.78 is 22.7. The molecular weight excluding hydrogens is 428 g/mol. The summed E-state index contributed by atoms with van der Waals surface area (Å²) in [6.07, 6.45) is 1.29. The number of hydrogen-bond acceptors (Lipinski definition) is 9. The van der Waals surface area contributed by atoms with Gasteiger partial charge in [-0.3, -0.25) is 14.2 Å². The van der Waals surface area contributed by atoms with E-state index in [9.17, 15) is 9.59 Å². The fourth-order valence-electron chi connectivity index (χ4n) is 3.41. The van der Waals surface area contributed by atoms with Gasteiger partial charge in [-0.25, -0.2) is 4.98 Å². The average Bonchev–Trinajstić information content (AvgIpc) is 3.45. The molecule has 10 nitrogen and oxygen atoms in total. The zero-order valence-electron chi connectivity index (χ0n) is 17.6. The number of nitrogens with zero attached hydrogens (tertiary/aromatic N) is 4. The van der Waals surface area contributed by atoms with Crippen molar-refractivity contribution < 1.29 is 23.2 Å². The summed E-state index contributed by atoms with van der Waals surface area (Å²) in [6.45, 7) is 1.79. The van der Waals surface area contributed by atoms with Crippen molar-refractivity contribution in [1.29, 1.82) is 0 Å². The lowest BCUT2D eigenvalue weighted by molar-refractivity contribution is -0.146. The molecule has 5 aromatic rings. The van der Waals surface area contributed by atoms with Gasteiger partial charge in [0.15, 0.2) is 6.61 Å². The van der Waals surface area contributed by atoms with Crippen LogP contribution in [0.4, 0.5) is 0 Å². The van der Waals surface area contributed by atoms with Crippen molar-refractivity contribution >= 4 is 28.0 Å². The molecule has 0 saturated heterocycles. The molecule has 5 rings (SSSR count). The summed E-state index contributed by atoms with van der Waals surface area (Å²) >= 11 is 0. The lowest BCUT2D eigenvalue weighted by Crippen LogP contribution is -2.25. The van der Waals surface area contributed by atoms with E-state index in [1.165, 1.54) is 6.33 Å². The van der Waals surface area contributed by atoms with Gasteiger partial charge in [-0.1, -0.05) is 29.4 Å². The summed E-state index contributed by atoms with van der Waals surface area (Å²) in [5, 5.41) is 4.66. The van der Waals surface area contributed by atoms with Crippen molar-refractivity contribution in [1.82, 2.24) is 19.7 Å². The van der Waals surface area contributed by atoms with Crippen LogP contribution in [0.2, 0.25) is 0 Å². The Labute approximate surface area is 186 Å². The molecule has 0 radical (unpaired) electrons. The van der Waals surface area contributed by atoms with Gasteiger partial charge in [-0.2, -0.15) is 4.98 Å². The van der Waals surface area contributed by atoms with Gasteiger partial charge in [0.1, 0.15) is 23.4 Å². The van der Waals surface area contributed by atoms with E-state index in [0.717, 1.165) is 9.95 Å². The smallest absolute Gasteiger partial charge is 0.326 e. The Morgan fingerprint density at radius 2 is 1.94 bits per heavy atom. The normalized spacial score (nSPS) is 11.2. The maximum absolute atomic E-state index is 12.7. The van der Waals surface area contributed by atoms with Gasteiger partial charge >= 0.3 is 5.97 Å². The second kappa shape index (κ2) is 8.58. The Balaban J connectivity index is 1.28. The van der Waals surface area contributed by atoms with Crippen LogP contribution < -0.4 is 10.3 Å². The van der Waals surface area contributed by atoms with Gasteiger partial charge in [0, 0.05) is 5.39 Å². The van der Waals surface area contributed by atoms with Crippen molar-refractivity contribution in [3.8, 4) is 17.1 Å². The summed E-state index contributed by atoms with van der Waals surface area (Å²) in [5.41, 5.74) is 1.28. The highest BCUT2D eigenvalue weighted by molar-refractivity contribution is 6.01. The van der Waals surface area contributed by atoms with E-state index in [1.54, 1.807) is 24.3 Å². The molecule has 3 heterocycles. The zero-order valence-corrected chi connectivity index (χ0v) is 17.6. The van der Waals surface area contributed by atoms with Crippen LogP contribution in [0.5, 0.6) is 5.75 Å². The van der Waals surface area contributed by atoms with Crippen molar-refractivity contribution in [3.63, 3.8) is 0 Å². The van der Waals surface area contributed by atoms with E-state index in [-0.39, 0.29) is 24.6 Å². The van der Waals surface area contributed by atoms with Crippen LogP contribution in [0.1, 0.15) is 12.8 Å². The first-order chi connectivity index (χ1) is 16.1. The minimum atomic E-state index is -0.663. The average molecular weight is 446 g/mol. The highest BCUT2D eigenvalue weighted by atomic mass is 16.6. The number of carbonyl (C=O) groups is 1. The minimum absolute atomic E-state index is 0.0843. The highest BCUT2D eigenvalue weighted by Gasteiger charge is 2.17. The van der Waals surface area contributed by atoms with E-state index < -0.39 is 11.5 Å². The lowest BCUT2D eigenvalue weighted by atomic mass is 10.2. The van der Waals surface area contributed by atoms with Crippen LogP contribution >= 0.6 is 0 Å². The van der Waals surface area contributed by atoms with Gasteiger partial charge < -0.3 is 18.4 Å². The van der Waals surface area contributed by atoms with E-state index in [2.05, 4.69) is 15.1 Å². The molecule has 0 amide bonds. The van der Waals surface area contributed by atoms with E-state index in [4.69, 9.17) is 18.4 Å². The number of hydrogen-bond donors (Lipinski definition) is 0. The largest absolute Gasteiger partial charge is 0.493 e. The van der Waals surface area contributed by atoms with Crippen LogP contribution in [0, 0.1) is 0 Å². The van der Waals surface area contributed by atoms with E-state index >= 15 is 0 Å². The Morgan fingerprint density at radius 3 is 2.82 bits per heavy atom. The van der Waals surface area contributed by atoms with Gasteiger partial charge in [0.25, 0.3) is 11.4 Å². The predicted octanol–water partition coefficient (Wildman–Crippen LogP) is 3.33. The first-order valence-corrected chi connectivity index (χ1v) is 10.2. The highest BCUT2D eigenvalue weighted by Crippen LogP contribution is 2.27. The molecule has 10 heteroatoms. The van der Waals surface area contributed by atoms with Crippen molar-refractivity contribution in [3.05, 3.63) is 71.1 Å². The third-order valence-corrected chi connectivity index (χ3v) is 4.90. The van der Waals surface area contributed by atoms with Crippen LogP contribution in [-0.2, 0) is 22.7 Å². The number of para-hydroxylation sites is 2. The molecule has 0 unspecified atom stereocenters. The molecule has 0 aliphatic rings. The number of fused-ring (bicyclic) bond motifs is 3. The number of carbonyl (C=O) groups excluding carboxylic acids is 1. The fraction of sp³-hybridized carbons (Fsp3) is 0.174. The molecule has 2 aromatic carbocycles. The molecule has 3 aromatic heterocycles. The van der Waals surface area contributed by atoms with Crippen molar-refractivity contribution in [2.24, 2.45) is 0 Å². The quantitative estimate of drug-likeness (QED) is 0.346. The minimum Gasteiger partial charge on any atom is -0.493 e. The van der Waals surface area contributed by atoms with E-state index in [0.29, 0.717) is 34.8 Å². The van der Waals surface area contributed by atoms with Crippen LogP contribution in [0.25, 0.3) is 33.5 Å². The SMILES string of the molecule is CCOc1ccccc1-c1noc(COC(=O)Cn2cnc3c(oc4ccccc43)c2=O)n1. The summed E-state index contributed by atoms with van der Waals surface area (Å²) in [7, 11) is 0. The Morgan fingerprint density at radius 1 is 1.12 bits per heavy atom. The molecular formula is C23H18N4O6. The molecule has 0 aliphatic carbocycles. The molecule has 0 spiro atoms. The van der Waals surface area contributed by atoms with Crippen LogP contribution in [-0.4, -0.2) is 32.3 Å². The second-order valence-corrected chi connectivity index (χ2v) is 7.06. The Bertz CT molecular complexity index is 1520. The molecule has 0 saturated carbocycles. The fourth-order valence-corrected chi connectivity index (χ4v) is 3.41. The monoisotopic (exact) mass is 446 g/mol. The molecule has 166 valence electrons. The third kappa shape index (κ3) is 3.93. The number of benzene rings is 2. The maximum atomic E-state index is 12.7. The molecule has 0 bridgehead atoms. The molecule has 0 aliphatic heterocycles. The van der Waals surface area contributed by atoms with Gasteiger partial charge in [-0.15, -0.1) is 0 Å². The van der Waals surface area contributed by atoms with Crippen LogP contribution in [0.15, 0.2) is 68.6 Å². The number of esters is 1. The Kier molecular flexibility index (Phi) is 5.31. The lowest BCUT2D eigenvalue weighted by Gasteiger charge is -2.06. The number of rotatable bonds is 7. The predicted molar refractivity (Wildman–Crippen MR) is 116 cm³/mol. The number of ether oxygens (including phenoxy) is 2. The number of aromatic nitrogens is 4. The first kappa shape index (κ1) is 20.4. The summed E-state index contributed by atoms with van der Waals surface area (Å²) in [4.78, 5) is 33.6. The maximum Gasteiger partial charge on any atom is 0.326 e. The molecule has 0 fully saturated rings. The van der Waals surface area contributed by atoms with Crippen molar-refractivity contribution in [2.75, 3.05) is 6.61 Å². The standard InChI is InChI=1S/C23H18N4O6/c1-2-30-16-9-5-4-8-15(16)22-25-18(33-26-22)12-31-19(28)11-27-13-24-20-14-7-3-6-10-17(14)32-21(20)23(27)29/h3-10,13H,2,11-12H2,1H3. The van der Waals surface area contributed by atoms with Crippen molar-refractivity contribution in [2.45, 2.75) is 20.1 Å². The summed E-state index contributed by atoms with van der Waals surface area (Å²) in [6, 6.07) is 14.5. The van der Waals surface area contributed by atoms with Gasteiger partial charge in [0.2, 0.25) is 11.4 Å². The third-order valence-electron chi connectivity index (χ3n) is 4.90.